The lowest BCUT2D eigenvalue weighted by molar-refractivity contribution is 0.101. The van der Waals surface area contributed by atoms with Crippen LogP contribution in [0, 0.1) is 31.1 Å². The summed E-state index contributed by atoms with van der Waals surface area (Å²) >= 11 is 0. The molecule has 23 heavy (non-hydrogen) atoms. The molecule has 0 N–H and O–H groups in total. The van der Waals surface area contributed by atoms with Crippen molar-refractivity contribution in [1.29, 1.82) is 0 Å². The Morgan fingerprint density at radius 3 is 2.35 bits per heavy atom. The highest BCUT2D eigenvalue weighted by atomic mass is 16.3. The van der Waals surface area contributed by atoms with Gasteiger partial charge in [0.1, 0.15) is 11.5 Å². The average Bonchev–Trinajstić information content (AvgIpc) is 3.15. The maximum absolute atomic E-state index is 11.4. The second-order valence-electron chi connectivity index (χ2n) is 6.00. The van der Waals surface area contributed by atoms with Gasteiger partial charge in [-0.3, -0.25) is 4.79 Å². The lowest BCUT2D eigenvalue weighted by Crippen LogP contribution is -2.22. The van der Waals surface area contributed by atoms with Crippen molar-refractivity contribution in [3.8, 4) is 11.3 Å². The molecule has 0 bridgehead atoms. The van der Waals surface area contributed by atoms with Crippen molar-refractivity contribution in [1.82, 2.24) is 4.90 Å². The molecule has 3 rings (SSSR count). The Labute approximate surface area is 138 Å². The van der Waals surface area contributed by atoms with E-state index in [0.717, 1.165) is 29.5 Å². The molecule has 1 fully saturated rings. The maximum Gasteiger partial charge on any atom is 0.159 e. The second-order valence-corrected chi connectivity index (χ2v) is 6.00. The summed E-state index contributed by atoms with van der Waals surface area (Å²) in [5, 5.41) is 0. The van der Waals surface area contributed by atoms with Gasteiger partial charge in [-0.15, -0.1) is 0 Å². The van der Waals surface area contributed by atoms with Crippen LogP contribution >= 0.6 is 0 Å². The monoisotopic (exact) mass is 306 g/mol. The van der Waals surface area contributed by atoms with E-state index in [1.54, 1.807) is 6.92 Å². The number of Topliss-reactive ketones (excluding diaryl/α,β-unsaturated/α-hetero) is 1. The molecular formula is C20H20NO2. The number of ketones is 1. The highest BCUT2D eigenvalue weighted by Gasteiger charge is 2.33. The fraction of sp³-hybridized carbons (Fsp3) is 0.200. The zero-order valence-electron chi connectivity index (χ0n) is 13.7. The van der Waals surface area contributed by atoms with Crippen molar-refractivity contribution >= 4 is 5.78 Å². The molecule has 1 aromatic heterocycles. The van der Waals surface area contributed by atoms with Crippen molar-refractivity contribution in [3.63, 3.8) is 0 Å². The van der Waals surface area contributed by atoms with Gasteiger partial charge in [0, 0.05) is 23.6 Å². The lowest BCUT2D eigenvalue weighted by atomic mass is 9.93. The molecule has 0 atom stereocenters. The topological polar surface area (TPSA) is 33.5 Å². The van der Waals surface area contributed by atoms with Gasteiger partial charge < -0.3 is 9.32 Å². The fourth-order valence-electron chi connectivity index (χ4n) is 2.68. The second kappa shape index (κ2) is 6.71. The highest BCUT2D eigenvalue weighted by Crippen LogP contribution is 2.40. The van der Waals surface area contributed by atoms with E-state index in [1.807, 2.05) is 36.4 Å². The summed E-state index contributed by atoms with van der Waals surface area (Å²) in [6.07, 6.45) is 6.26. The van der Waals surface area contributed by atoms with Crippen LogP contribution in [0.4, 0.5) is 0 Å². The number of nitrogens with zero attached hydrogens (tertiary/aromatic N) is 1. The Balaban J connectivity index is 1.78. The van der Waals surface area contributed by atoms with Gasteiger partial charge in [-0.1, -0.05) is 24.3 Å². The normalized spacial score (nSPS) is 16.3. The van der Waals surface area contributed by atoms with Crippen molar-refractivity contribution in [2.45, 2.75) is 6.92 Å². The molecule has 0 amide bonds. The van der Waals surface area contributed by atoms with E-state index in [0.29, 0.717) is 5.56 Å². The SMILES string of the molecule is CC(=O)c1ccc(-c2ccc([C]3[CH][CH][CH][C]3CN(C)C)o2)cc1. The van der Waals surface area contributed by atoms with Crippen molar-refractivity contribution in [2.75, 3.05) is 20.6 Å². The molecule has 1 aromatic carbocycles. The first-order valence-corrected chi connectivity index (χ1v) is 7.65. The Kier molecular flexibility index (Phi) is 4.67. The van der Waals surface area contributed by atoms with Gasteiger partial charge in [-0.2, -0.15) is 0 Å². The fourth-order valence-corrected chi connectivity index (χ4v) is 2.68. The first-order chi connectivity index (χ1) is 11.0. The smallest absolute Gasteiger partial charge is 0.159 e. The molecule has 3 nitrogen and oxygen atoms in total. The summed E-state index contributed by atoms with van der Waals surface area (Å²) in [5.74, 6) is 4.14. The lowest BCUT2D eigenvalue weighted by Gasteiger charge is -2.20. The van der Waals surface area contributed by atoms with Crippen LogP contribution in [0.1, 0.15) is 23.0 Å². The summed E-state index contributed by atoms with van der Waals surface area (Å²) in [6.45, 7) is 2.45. The molecule has 3 heteroatoms. The number of benzene rings is 1. The van der Waals surface area contributed by atoms with E-state index in [-0.39, 0.29) is 5.78 Å². The van der Waals surface area contributed by atoms with E-state index in [2.05, 4.69) is 38.3 Å². The third kappa shape index (κ3) is 3.56. The van der Waals surface area contributed by atoms with Crippen LogP contribution in [0.3, 0.4) is 0 Å². The minimum Gasteiger partial charge on any atom is -0.460 e. The van der Waals surface area contributed by atoms with Gasteiger partial charge in [0.05, 0.1) is 5.92 Å². The van der Waals surface area contributed by atoms with E-state index >= 15 is 0 Å². The van der Waals surface area contributed by atoms with E-state index < -0.39 is 0 Å². The molecule has 117 valence electrons. The van der Waals surface area contributed by atoms with Crippen molar-refractivity contribution in [3.05, 3.63) is 78.8 Å². The van der Waals surface area contributed by atoms with Crippen molar-refractivity contribution in [2.24, 2.45) is 0 Å². The summed E-state index contributed by atoms with van der Waals surface area (Å²) in [7, 11) is 4.11. The molecule has 1 aliphatic carbocycles. The van der Waals surface area contributed by atoms with Gasteiger partial charge in [0.15, 0.2) is 5.78 Å². The summed E-state index contributed by atoms with van der Waals surface area (Å²) in [5.41, 5.74) is 1.69. The predicted octanol–water partition coefficient (Wildman–Crippen LogP) is 3.83. The van der Waals surface area contributed by atoms with E-state index in [4.69, 9.17) is 4.42 Å². The maximum atomic E-state index is 11.4. The number of rotatable bonds is 5. The third-order valence-corrected chi connectivity index (χ3v) is 3.84. The molecular weight excluding hydrogens is 286 g/mol. The van der Waals surface area contributed by atoms with Crippen LogP contribution in [0.5, 0.6) is 0 Å². The van der Waals surface area contributed by atoms with Gasteiger partial charge in [0.25, 0.3) is 0 Å². The van der Waals surface area contributed by atoms with Gasteiger partial charge >= 0.3 is 0 Å². The molecule has 1 heterocycles. The Bertz CT molecular complexity index is 669. The molecule has 2 aromatic rings. The molecule has 0 aliphatic heterocycles. The molecule has 0 unspecified atom stereocenters. The van der Waals surface area contributed by atoms with Crippen LogP contribution < -0.4 is 0 Å². The largest absolute Gasteiger partial charge is 0.460 e. The Morgan fingerprint density at radius 2 is 1.70 bits per heavy atom. The van der Waals surface area contributed by atoms with Crippen LogP contribution in [0.2, 0.25) is 0 Å². The van der Waals surface area contributed by atoms with E-state index in [1.165, 1.54) is 5.92 Å². The first kappa shape index (κ1) is 16.0. The summed E-state index contributed by atoms with van der Waals surface area (Å²) in [4.78, 5) is 13.5. The number of carbonyl (C=O) groups excluding carboxylic acids is 1. The van der Waals surface area contributed by atoms with Crippen LogP contribution in [-0.4, -0.2) is 31.3 Å². The van der Waals surface area contributed by atoms with Crippen LogP contribution in [0.25, 0.3) is 11.3 Å². The Morgan fingerprint density at radius 1 is 1.00 bits per heavy atom. The minimum absolute atomic E-state index is 0.0711. The van der Waals surface area contributed by atoms with E-state index in [9.17, 15) is 4.79 Å². The number of hydrogen-bond donors (Lipinski definition) is 0. The predicted molar refractivity (Wildman–Crippen MR) is 91.2 cm³/mol. The zero-order chi connectivity index (χ0) is 16.4. The molecule has 1 aliphatic rings. The van der Waals surface area contributed by atoms with Crippen LogP contribution in [-0.2, 0) is 0 Å². The first-order valence-electron chi connectivity index (χ1n) is 7.65. The highest BCUT2D eigenvalue weighted by molar-refractivity contribution is 5.94. The van der Waals surface area contributed by atoms with Gasteiger partial charge in [-0.25, -0.2) is 0 Å². The molecule has 5 radical (unpaired) electrons. The van der Waals surface area contributed by atoms with Crippen molar-refractivity contribution < 1.29 is 9.21 Å². The molecule has 0 saturated heterocycles. The number of furan rings is 1. The van der Waals surface area contributed by atoms with Gasteiger partial charge in [0.2, 0.25) is 0 Å². The average molecular weight is 306 g/mol. The van der Waals surface area contributed by atoms with Crippen LogP contribution in [0.15, 0.2) is 40.8 Å². The Hall–Kier alpha value is -1.87. The summed E-state index contributed by atoms with van der Waals surface area (Å²) < 4.78 is 6.03. The third-order valence-electron chi connectivity index (χ3n) is 3.84. The molecule has 0 spiro atoms. The summed E-state index contributed by atoms with van der Waals surface area (Å²) in [6, 6.07) is 11.5. The quantitative estimate of drug-likeness (QED) is 0.787. The number of hydrogen-bond acceptors (Lipinski definition) is 3. The van der Waals surface area contributed by atoms with Gasteiger partial charge in [-0.05, 0) is 52.4 Å². The zero-order valence-corrected chi connectivity index (χ0v) is 13.7. The molecule has 1 saturated carbocycles. The minimum atomic E-state index is 0.0711. The number of carbonyl (C=O) groups is 1. The standard InChI is InChI=1S/C20H20NO2/c1-14(22)15-7-9-16(10-8-15)19-11-12-20(23-19)18-6-4-5-17(18)13-21(2)3/h4-12H,13H2,1-3H3.